The molecule has 0 atom stereocenters. The van der Waals surface area contributed by atoms with Gasteiger partial charge in [0.15, 0.2) is 11.2 Å². The van der Waals surface area contributed by atoms with E-state index in [0.29, 0.717) is 22.8 Å². The molecule has 0 spiro atoms. The van der Waals surface area contributed by atoms with Gasteiger partial charge >= 0.3 is 5.69 Å². The van der Waals surface area contributed by atoms with Crippen molar-refractivity contribution in [2.24, 2.45) is 26.2 Å². The molecular weight excluding hydrogens is 384 g/mol. The van der Waals surface area contributed by atoms with Crippen molar-refractivity contribution in [3.63, 3.8) is 0 Å². The second-order valence-electron chi connectivity index (χ2n) is 7.10. The van der Waals surface area contributed by atoms with E-state index in [1.807, 2.05) is 49.4 Å². The highest BCUT2D eigenvalue weighted by Gasteiger charge is 2.16. The Hall–Kier alpha value is -3.88. The zero-order valence-corrected chi connectivity index (χ0v) is 17.2. The van der Waals surface area contributed by atoms with Crippen LogP contribution in [-0.2, 0) is 21.1 Å². The van der Waals surface area contributed by atoms with Gasteiger partial charge in [0, 0.05) is 26.5 Å². The van der Waals surface area contributed by atoms with Crippen LogP contribution in [0.15, 0.2) is 57.2 Å². The summed E-state index contributed by atoms with van der Waals surface area (Å²) >= 11 is 0. The van der Waals surface area contributed by atoms with Crippen LogP contribution in [0.2, 0.25) is 0 Å². The maximum absolute atomic E-state index is 12.4. The lowest BCUT2D eigenvalue weighted by molar-refractivity contribution is 0.380. The molecule has 0 aliphatic rings. The Kier molecular flexibility index (Phi) is 4.86. The molecule has 1 N–H and O–H groups in total. The Bertz CT molecular complexity index is 1410. The van der Waals surface area contributed by atoms with E-state index in [4.69, 9.17) is 4.74 Å². The van der Waals surface area contributed by atoms with Crippen LogP contribution in [-0.4, -0.2) is 31.0 Å². The largest absolute Gasteiger partial charge is 0.487 e. The molecule has 0 saturated heterocycles. The first-order valence-corrected chi connectivity index (χ1v) is 9.40. The molecule has 2 aromatic carbocycles. The van der Waals surface area contributed by atoms with Crippen molar-refractivity contribution in [3.8, 4) is 5.75 Å². The molecule has 9 nitrogen and oxygen atoms in total. The Balaban J connectivity index is 1.56. The molecule has 4 rings (SSSR count). The van der Waals surface area contributed by atoms with Crippen LogP contribution < -0.4 is 21.4 Å². The van der Waals surface area contributed by atoms with Crippen molar-refractivity contribution in [2.75, 3.05) is 12.0 Å². The Morgan fingerprint density at radius 3 is 2.57 bits per heavy atom. The van der Waals surface area contributed by atoms with Crippen LogP contribution in [0.25, 0.3) is 21.9 Å². The van der Waals surface area contributed by atoms with E-state index >= 15 is 0 Å². The molecule has 0 bridgehead atoms. The summed E-state index contributed by atoms with van der Waals surface area (Å²) in [7, 11) is 4.71. The third-order valence-electron chi connectivity index (χ3n) is 5.01. The van der Waals surface area contributed by atoms with Gasteiger partial charge < -0.3 is 9.30 Å². The smallest absolute Gasteiger partial charge is 0.332 e. The minimum atomic E-state index is -0.430. The molecule has 2 heterocycles. The number of nitrogens with one attached hydrogen (secondary N) is 1. The van der Waals surface area contributed by atoms with Crippen molar-refractivity contribution in [2.45, 2.75) is 6.92 Å². The highest BCUT2D eigenvalue weighted by molar-refractivity contribution is 5.89. The number of nitrogens with zero attached hydrogens (tertiary/aromatic N) is 5. The maximum Gasteiger partial charge on any atom is 0.332 e. The normalized spacial score (nSPS) is 11.9. The third kappa shape index (κ3) is 3.24. The first kappa shape index (κ1) is 19.4. The number of aryl methyl sites for hydroxylation is 2. The van der Waals surface area contributed by atoms with E-state index in [-0.39, 0.29) is 6.61 Å². The second kappa shape index (κ2) is 7.51. The van der Waals surface area contributed by atoms with Gasteiger partial charge in [0.1, 0.15) is 12.4 Å². The lowest BCUT2D eigenvalue weighted by Crippen LogP contribution is -2.37. The number of rotatable bonds is 5. The monoisotopic (exact) mass is 406 g/mol. The highest BCUT2D eigenvalue weighted by atomic mass is 16.5. The fourth-order valence-electron chi connectivity index (χ4n) is 3.30. The van der Waals surface area contributed by atoms with Crippen LogP contribution in [0.3, 0.4) is 0 Å². The SMILES string of the molecule is C/C(COc1cccc2ccccc12)=N\Nc1nc2c(c(=O)n(C)c(=O)n2C)n1C. The van der Waals surface area contributed by atoms with Gasteiger partial charge in [-0.2, -0.15) is 10.1 Å². The quantitative estimate of drug-likeness (QED) is 0.404. The van der Waals surface area contributed by atoms with Gasteiger partial charge in [-0.05, 0) is 18.4 Å². The van der Waals surface area contributed by atoms with Gasteiger partial charge in [0.05, 0.1) is 5.71 Å². The van der Waals surface area contributed by atoms with E-state index in [0.717, 1.165) is 21.1 Å². The molecule has 9 heteroatoms. The molecule has 0 radical (unpaired) electrons. The van der Waals surface area contributed by atoms with Gasteiger partial charge in [0.25, 0.3) is 5.56 Å². The van der Waals surface area contributed by atoms with Crippen molar-refractivity contribution in [3.05, 3.63) is 63.3 Å². The van der Waals surface area contributed by atoms with Crippen LogP contribution in [0.4, 0.5) is 5.95 Å². The van der Waals surface area contributed by atoms with E-state index < -0.39 is 11.2 Å². The lowest BCUT2D eigenvalue weighted by atomic mass is 10.1. The molecule has 0 fully saturated rings. The minimum Gasteiger partial charge on any atom is -0.487 e. The van der Waals surface area contributed by atoms with Crippen LogP contribution >= 0.6 is 0 Å². The first-order chi connectivity index (χ1) is 14.4. The number of aromatic nitrogens is 4. The van der Waals surface area contributed by atoms with Crippen molar-refractivity contribution in [1.29, 1.82) is 0 Å². The number of ether oxygens (including phenoxy) is 1. The summed E-state index contributed by atoms with van der Waals surface area (Å²) in [5, 5.41) is 6.45. The van der Waals surface area contributed by atoms with Crippen molar-refractivity contribution >= 4 is 33.6 Å². The standard InChI is InChI=1S/C21H22N6O3/c1-13(12-30-16-11-7-9-14-8-5-6-10-15(14)16)23-24-20-22-18-17(25(20)2)19(28)27(4)21(29)26(18)3/h5-11H,12H2,1-4H3,(H,22,24)/b23-13+. The molecule has 0 aliphatic carbocycles. The van der Waals surface area contributed by atoms with Crippen LogP contribution in [0.1, 0.15) is 6.92 Å². The zero-order chi connectivity index (χ0) is 21.4. The third-order valence-corrected chi connectivity index (χ3v) is 5.01. The molecule has 30 heavy (non-hydrogen) atoms. The average molecular weight is 406 g/mol. The number of imidazole rings is 1. The predicted octanol–water partition coefficient (Wildman–Crippen LogP) is 1.99. The number of hydrogen-bond acceptors (Lipinski definition) is 6. The molecule has 4 aromatic rings. The number of hydrazone groups is 1. The fraction of sp³-hybridized carbons (Fsp3) is 0.238. The summed E-state index contributed by atoms with van der Waals surface area (Å²) in [5.41, 5.74) is 3.34. The summed E-state index contributed by atoms with van der Waals surface area (Å²) in [6, 6.07) is 13.9. The average Bonchev–Trinajstić information content (AvgIpc) is 3.09. The molecule has 2 aromatic heterocycles. The van der Waals surface area contributed by atoms with Gasteiger partial charge in [-0.3, -0.25) is 13.9 Å². The number of benzene rings is 2. The van der Waals surface area contributed by atoms with Gasteiger partial charge in [-0.25, -0.2) is 10.2 Å². The number of fused-ring (bicyclic) bond motifs is 2. The van der Waals surface area contributed by atoms with Gasteiger partial charge in [-0.1, -0.05) is 36.4 Å². The van der Waals surface area contributed by atoms with E-state index in [9.17, 15) is 9.59 Å². The maximum atomic E-state index is 12.4. The van der Waals surface area contributed by atoms with E-state index in [1.54, 1.807) is 18.7 Å². The topological polar surface area (TPSA) is 95.4 Å². The second-order valence-corrected chi connectivity index (χ2v) is 7.10. The molecule has 0 amide bonds. The number of hydrogen-bond donors (Lipinski definition) is 1. The number of anilines is 1. The van der Waals surface area contributed by atoms with E-state index in [1.165, 1.54) is 11.6 Å². The summed E-state index contributed by atoms with van der Waals surface area (Å²) in [6.07, 6.45) is 0. The molecular formula is C21H22N6O3. The Morgan fingerprint density at radius 1 is 1.03 bits per heavy atom. The summed E-state index contributed by atoms with van der Waals surface area (Å²) in [4.78, 5) is 28.9. The molecule has 0 aliphatic heterocycles. The Labute approximate surface area is 171 Å². The van der Waals surface area contributed by atoms with Crippen LogP contribution in [0.5, 0.6) is 5.75 Å². The van der Waals surface area contributed by atoms with Gasteiger partial charge in [-0.15, -0.1) is 0 Å². The van der Waals surface area contributed by atoms with Crippen molar-refractivity contribution < 1.29 is 4.74 Å². The summed E-state index contributed by atoms with van der Waals surface area (Å²) in [6.45, 7) is 2.11. The molecule has 0 saturated carbocycles. The van der Waals surface area contributed by atoms with Crippen molar-refractivity contribution in [1.82, 2.24) is 18.7 Å². The fourth-order valence-corrected chi connectivity index (χ4v) is 3.30. The van der Waals surface area contributed by atoms with Gasteiger partial charge in [0.2, 0.25) is 5.95 Å². The minimum absolute atomic E-state index is 0.283. The first-order valence-electron chi connectivity index (χ1n) is 9.40. The Morgan fingerprint density at radius 2 is 1.77 bits per heavy atom. The summed E-state index contributed by atoms with van der Waals surface area (Å²) < 4.78 is 9.91. The lowest BCUT2D eigenvalue weighted by Gasteiger charge is -2.09. The van der Waals surface area contributed by atoms with E-state index in [2.05, 4.69) is 15.5 Å². The zero-order valence-electron chi connectivity index (χ0n) is 17.2. The highest BCUT2D eigenvalue weighted by Crippen LogP contribution is 2.25. The summed E-state index contributed by atoms with van der Waals surface area (Å²) in [5.74, 6) is 1.14. The molecule has 154 valence electrons. The predicted molar refractivity (Wildman–Crippen MR) is 117 cm³/mol. The molecule has 0 unspecified atom stereocenters. The van der Waals surface area contributed by atoms with Crippen LogP contribution in [0, 0.1) is 0 Å².